The number of rotatable bonds is 7. The van der Waals surface area contributed by atoms with E-state index >= 15 is 0 Å². The molecule has 1 aromatic heterocycles. The van der Waals surface area contributed by atoms with Crippen molar-refractivity contribution in [3.05, 3.63) is 47.2 Å². The summed E-state index contributed by atoms with van der Waals surface area (Å²) in [4.78, 5) is 14.4. The van der Waals surface area contributed by atoms with E-state index in [1.165, 1.54) is 6.20 Å². The van der Waals surface area contributed by atoms with E-state index in [1.807, 2.05) is 49.3 Å². The molecule has 0 spiro atoms. The summed E-state index contributed by atoms with van der Waals surface area (Å²) < 4.78 is 1.66. The predicted molar refractivity (Wildman–Crippen MR) is 85.1 cm³/mol. The fraction of sp³-hybridized carbons (Fsp3) is 0.333. The van der Waals surface area contributed by atoms with Crippen LogP contribution in [0.2, 0.25) is 5.02 Å². The minimum absolute atomic E-state index is 0.0693. The van der Waals surface area contributed by atoms with Gasteiger partial charge >= 0.3 is 0 Å². The molecule has 0 saturated heterocycles. The second kappa shape index (κ2) is 7.24. The van der Waals surface area contributed by atoms with Crippen LogP contribution in [-0.2, 0) is 6.54 Å². The van der Waals surface area contributed by atoms with E-state index < -0.39 is 0 Å². The van der Waals surface area contributed by atoms with Crippen LogP contribution < -0.4 is 5.32 Å². The molecule has 2 rings (SSSR count). The highest BCUT2D eigenvalue weighted by atomic mass is 35.5. The second-order valence-electron chi connectivity index (χ2n) is 5.01. The van der Waals surface area contributed by atoms with Gasteiger partial charge in [0.15, 0.2) is 0 Å². The Hall–Kier alpha value is -1.85. The third-order valence-electron chi connectivity index (χ3n) is 3.04. The number of halogens is 1. The van der Waals surface area contributed by atoms with Crippen molar-refractivity contribution in [3.8, 4) is 0 Å². The molecule has 1 N–H and O–H groups in total. The molecule has 0 aliphatic heterocycles. The van der Waals surface area contributed by atoms with E-state index in [0.717, 1.165) is 12.2 Å². The fourth-order valence-electron chi connectivity index (χ4n) is 1.93. The largest absolute Gasteiger partial charge is 0.378 e. The van der Waals surface area contributed by atoms with E-state index in [-0.39, 0.29) is 12.3 Å². The predicted octanol–water partition coefficient (Wildman–Crippen LogP) is 2.39. The Balaban J connectivity index is 2.03. The summed E-state index contributed by atoms with van der Waals surface area (Å²) in [6, 6.07) is 9.60. The first-order valence-corrected chi connectivity index (χ1v) is 7.14. The number of anilines is 1. The molecule has 0 aliphatic rings. The minimum Gasteiger partial charge on any atom is -0.378 e. The second-order valence-corrected chi connectivity index (χ2v) is 5.42. The molecule has 0 amide bonds. The smallest absolute Gasteiger partial charge is 0.201 e. The summed E-state index contributed by atoms with van der Waals surface area (Å²) in [7, 11) is 3.95. The van der Waals surface area contributed by atoms with Crippen molar-refractivity contribution in [3.63, 3.8) is 0 Å². The van der Waals surface area contributed by atoms with E-state index in [2.05, 4.69) is 10.4 Å². The minimum atomic E-state index is -0.0693. The molecule has 0 atom stereocenters. The lowest BCUT2D eigenvalue weighted by atomic mass is 10.2. The van der Waals surface area contributed by atoms with Gasteiger partial charge in [-0.3, -0.25) is 9.48 Å². The molecule has 0 unspecified atom stereocenters. The van der Waals surface area contributed by atoms with Gasteiger partial charge in [0, 0.05) is 12.2 Å². The number of nitrogens with one attached hydrogen (secondary N) is 1. The number of likely N-dealkylation sites (N-methyl/N-ethyl adjacent to an activating group) is 1. The lowest BCUT2D eigenvalue weighted by Crippen LogP contribution is -2.23. The van der Waals surface area contributed by atoms with Gasteiger partial charge in [0.25, 0.3) is 0 Å². The van der Waals surface area contributed by atoms with Gasteiger partial charge in [0.05, 0.1) is 24.3 Å². The number of hydrogen-bond acceptors (Lipinski definition) is 4. The molecule has 21 heavy (non-hydrogen) atoms. The first-order valence-electron chi connectivity index (χ1n) is 6.76. The summed E-state index contributed by atoms with van der Waals surface area (Å²) in [6.45, 7) is 1.62. The van der Waals surface area contributed by atoms with Gasteiger partial charge in [0.2, 0.25) is 5.78 Å². The summed E-state index contributed by atoms with van der Waals surface area (Å²) in [5.41, 5.74) is 1.36. The Morgan fingerprint density at radius 1 is 1.33 bits per heavy atom. The Kier molecular flexibility index (Phi) is 5.36. The zero-order chi connectivity index (χ0) is 15.2. The number of ketones is 1. The average molecular weight is 307 g/mol. The van der Waals surface area contributed by atoms with E-state index in [9.17, 15) is 4.79 Å². The third kappa shape index (κ3) is 4.31. The monoisotopic (exact) mass is 306 g/mol. The number of Topliss-reactive ketones (excluding diaryl/α,β-unsaturated/α-hetero) is 1. The molecule has 1 heterocycles. The van der Waals surface area contributed by atoms with Crippen LogP contribution in [0.3, 0.4) is 0 Å². The maximum atomic E-state index is 12.3. The van der Waals surface area contributed by atoms with Crippen molar-refractivity contribution in [2.24, 2.45) is 0 Å². The molecular formula is C15H19ClN4O. The number of carbonyl (C=O) groups excluding carboxylic acids is 1. The first kappa shape index (κ1) is 15.5. The Morgan fingerprint density at radius 3 is 2.71 bits per heavy atom. The zero-order valence-electron chi connectivity index (χ0n) is 12.2. The highest BCUT2D eigenvalue weighted by Crippen LogP contribution is 2.16. The van der Waals surface area contributed by atoms with Crippen LogP contribution in [-0.4, -0.2) is 47.6 Å². The van der Waals surface area contributed by atoms with Crippen LogP contribution in [0.1, 0.15) is 10.5 Å². The van der Waals surface area contributed by atoms with Gasteiger partial charge in [-0.25, -0.2) is 0 Å². The van der Waals surface area contributed by atoms with Gasteiger partial charge in [-0.05, 0) is 26.2 Å². The average Bonchev–Trinajstić information content (AvgIpc) is 2.85. The quantitative estimate of drug-likeness (QED) is 0.798. The van der Waals surface area contributed by atoms with Crippen LogP contribution in [0, 0.1) is 0 Å². The van der Waals surface area contributed by atoms with Crippen LogP contribution in [0.5, 0.6) is 0 Å². The SMILES string of the molecule is CN(C)CCn1ncc(Cl)c1C(=O)CNc1ccccc1. The molecule has 0 aliphatic carbocycles. The van der Waals surface area contributed by atoms with Crippen molar-refractivity contribution >= 4 is 23.1 Å². The Labute approximate surface area is 129 Å². The first-order chi connectivity index (χ1) is 10.1. The Bertz CT molecular complexity index is 595. The standard InChI is InChI=1S/C15H19ClN4O/c1-19(2)8-9-20-15(13(16)10-18-20)14(21)11-17-12-6-4-3-5-7-12/h3-7,10,17H,8-9,11H2,1-2H3. The summed E-state index contributed by atoms with van der Waals surface area (Å²) >= 11 is 6.09. The highest BCUT2D eigenvalue weighted by molar-refractivity contribution is 6.33. The molecular weight excluding hydrogens is 288 g/mol. The van der Waals surface area contributed by atoms with Gasteiger partial charge in [-0.2, -0.15) is 5.10 Å². The number of hydrogen-bond donors (Lipinski definition) is 1. The van der Waals surface area contributed by atoms with E-state index in [4.69, 9.17) is 11.6 Å². The van der Waals surface area contributed by atoms with Crippen molar-refractivity contribution in [1.29, 1.82) is 0 Å². The van der Waals surface area contributed by atoms with Crippen LogP contribution in [0.4, 0.5) is 5.69 Å². The molecule has 2 aromatic rings. The molecule has 112 valence electrons. The van der Waals surface area contributed by atoms with Crippen molar-refractivity contribution < 1.29 is 4.79 Å². The third-order valence-corrected chi connectivity index (χ3v) is 3.32. The molecule has 5 nitrogen and oxygen atoms in total. The maximum Gasteiger partial charge on any atom is 0.201 e. The van der Waals surface area contributed by atoms with E-state index in [0.29, 0.717) is 17.3 Å². The van der Waals surface area contributed by atoms with E-state index in [1.54, 1.807) is 4.68 Å². The molecule has 0 fully saturated rings. The molecule has 0 saturated carbocycles. The van der Waals surface area contributed by atoms with Crippen LogP contribution in [0.25, 0.3) is 0 Å². The fourth-order valence-corrected chi connectivity index (χ4v) is 2.17. The maximum absolute atomic E-state index is 12.3. The van der Waals surface area contributed by atoms with Crippen LogP contribution >= 0.6 is 11.6 Å². The number of nitrogens with zero attached hydrogens (tertiary/aromatic N) is 3. The topological polar surface area (TPSA) is 50.2 Å². The highest BCUT2D eigenvalue weighted by Gasteiger charge is 2.17. The van der Waals surface area contributed by atoms with Gasteiger partial charge < -0.3 is 10.2 Å². The molecule has 0 radical (unpaired) electrons. The molecule has 0 bridgehead atoms. The lowest BCUT2D eigenvalue weighted by molar-refractivity contribution is 0.0995. The van der Waals surface area contributed by atoms with Gasteiger partial charge in [0.1, 0.15) is 5.69 Å². The number of aromatic nitrogens is 2. The van der Waals surface area contributed by atoms with Crippen molar-refractivity contribution in [1.82, 2.24) is 14.7 Å². The summed E-state index contributed by atoms with van der Waals surface area (Å²) in [5.74, 6) is -0.0693. The normalized spacial score (nSPS) is 10.9. The number of para-hydroxylation sites is 1. The molecule has 1 aromatic carbocycles. The zero-order valence-corrected chi connectivity index (χ0v) is 13.0. The lowest BCUT2D eigenvalue weighted by Gasteiger charge is -2.12. The van der Waals surface area contributed by atoms with Crippen molar-refractivity contribution in [2.75, 3.05) is 32.5 Å². The van der Waals surface area contributed by atoms with Gasteiger partial charge in [-0.1, -0.05) is 29.8 Å². The summed E-state index contributed by atoms with van der Waals surface area (Å²) in [6.07, 6.45) is 1.52. The summed E-state index contributed by atoms with van der Waals surface area (Å²) in [5, 5.41) is 7.66. The van der Waals surface area contributed by atoms with Crippen molar-refractivity contribution in [2.45, 2.75) is 6.54 Å². The van der Waals surface area contributed by atoms with Gasteiger partial charge in [-0.15, -0.1) is 0 Å². The number of carbonyl (C=O) groups is 1. The van der Waals surface area contributed by atoms with Crippen LogP contribution in [0.15, 0.2) is 36.5 Å². The number of benzene rings is 1. The molecule has 6 heteroatoms. The Morgan fingerprint density at radius 2 is 2.05 bits per heavy atom.